The minimum atomic E-state index is -1.11. The SMILES string of the molecule is CCC(C)CN(CC(O)C(Cc1ccccc1)NC(=O)C1CN(c2cccc(C(C)=O)c2)C(=O)O1)Sc1ccc(OC)c(F)c1. The molecule has 0 spiro atoms. The van der Waals surface area contributed by atoms with Crippen LogP contribution in [0.25, 0.3) is 0 Å². The highest BCUT2D eigenvalue weighted by molar-refractivity contribution is 7.97. The molecule has 1 fully saturated rings. The van der Waals surface area contributed by atoms with Crippen LogP contribution in [0.3, 0.4) is 0 Å². The smallest absolute Gasteiger partial charge is 0.415 e. The topological polar surface area (TPSA) is 108 Å². The predicted octanol–water partition coefficient (Wildman–Crippen LogP) is 5.51. The van der Waals surface area contributed by atoms with Gasteiger partial charge in [0, 0.05) is 29.2 Å². The van der Waals surface area contributed by atoms with Crippen LogP contribution in [0.4, 0.5) is 14.9 Å². The molecule has 2 amide bonds. The number of rotatable bonds is 15. The van der Waals surface area contributed by atoms with Crippen LogP contribution >= 0.6 is 11.9 Å². The van der Waals surface area contributed by atoms with Crippen LogP contribution in [-0.2, 0) is 16.0 Å². The molecule has 3 aromatic rings. The Morgan fingerprint density at radius 3 is 2.56 bits per heavy atom. The molecule has 0 aromatic heterocycles. The summed E-state index contributed by atoms with van der Waals surface area (Å²) in [5, 5.41) is 14.5. The Hall–Kier alpha value is -3.93. The van der Waals surface area contributed by atoms with Crippen molar-refractivity contribution in [3.8, 4) is 5.75 Å². The molecule has 3 aromatic carbocycles. The third kappa shape index (κ3) is 9.29. The normalized spacial score (nSPS) is 16.6. The van der Waals surface area contributed by atoms with Gasteiger partial charge in [-0.15, -0.1) is 0 Å². The molecule has 0 aliphatic carbocycles. The number of hydrogen-bond donors (Lipinski definition) is 2. The summed E-state index contributed by atoms with van der Waals surface area (Å²) in [5.74, 6) is -0.716. The van der Waals surface area contributed by atoms with E-state index in [4.69, 9.17) is 9.47 Å². The Bertz CT molecular complexity index is 1480. The minimum absolute atomic E-state index is 0.0425. The monoisotopic (exact) mass is 637 g/mol. The lowest BCUT2D eigenvalue weighted by Crippen LogP contribution is -2.52. The number of methoxy groups -OCH3 is 1. The van der Waals surface area contributed by atoms with E-state index in [0.717, 1.165) is 12.0 Å². The van der Waals surface area contributed by atoms with E-state index < -0.39 is 36.1 Å². The van der Waals surface area contributed by atoms with Crippen LogP contribution in [0, 0.1) is 11.7 Å². The summed E-state index contributed by atoms with van der Waals surface area (Å²) in [5.41, 5.74) is 1.80. The third-order valence-electron chi connectivity index (χ3n) is 7.72. The fraction of sp³-hybridized carbons (Fsp3) is 0.382. The largest absolute Gasteiger partial charge is 0.494 e. The van der Waals surface area contributed by atoms with Gasteiger partial charge in [0.15, 0.2) is 23.5 Å². The molecule has 11 heteroatoms. The predicted molar refractivity (Wildman–Crippen MR) is 172 cm³/mol. The maximum absolute atomic E-state index is 14.5. The summed E-state index contributed by atoms with van der Waals surface area (Å²) < 4.78 is 26.9. The number of aliphatic hydroxyl groups is 1. The highest BCUT2D eigenvalue weighted by Crippen LogP contribution is 2.29. The quantitative estimate of drug-likeness (QED) is 0.166. The second kappa shape index (κ2) is 15.9. The fourth-order valence-corrected chi connectivity index (χ4v) is 6.08. The van der Waals surface area contributed by atoms with Crippen molar-refractivity contribution in [3.63, 3.8) is 0 Å². The molecule has 1 heterocycles. The van der Waals surface area contributed by atoms with E-state index in [0.29, 0.717) is 35.0 Å². The summed E-state index contributed by atoms with van der Waals surface area (Å²) in [6, 6.07) is 20.1. The zero-order valence-corrected chi connectivity index (χ0v) is 26.8. The average Bonchev–Trinajstić information content (AvgIpc) is 3.42. The molecule has 1 aliphatic rings. The van der Waals surface area contributed by atoms with Crippen LogP contribution in [0.15, 0.2) is 77.7 Å². The number of halogens is 1. The molecule has 0 radical (unpaired) electrons. The van der Waals surface area contributed by atoms with Gasteiger partial charge in [-0.1, -0.05) is 62.7 Å². The van der Waals surface area contributed by atoms with Crippen LogP contribution in [-0.4, -0.2) is 72.2 Å². The van der Waals surface area contributed by atoms with Crippen molar-refractivity contribution in [2.75, 3.05) is 31.6 Å². The van der Waals surface area contributed by atoms with E-state index in [1.54, 1.807) is 36.4 Å². The lowest BCUT2D eigenvalue weighted by atomic mass is 10.0. The maximum Gasteiger partial charge on any atom is 0.415 e. The number of amides is 2. The Morgan fingerprint density at radius 1 is 1.13 bits per heavy atom. The number of nitrogens with zero attached hydrogens (tertiary/aromatic N) is 2. The molecule has 2 N–H and O–H groups in total. The van der Waals surface area contributed by atoms with Crippen LogP contribution < -0.4 is 15.0 Å². The zero-order valence-electron chi connectivity index (χ0n) is 25.9. The highest BCUT2D eigenvalue weighted by Gasteiger charge is 2.38. The summed E-state index contributed by atoms with van der Waals surface area (Å²) in [4.78, 5) is 40.1. The number of ether oxygens (including phenoxy) is 2. The first-order valence-electron chi connectivity index (χ1n) is 15.0. The van der Waals surface area contributed by atoms with Crippen LogP contribution in [0.1, 0.15) is 43.1 Å². The van der Waals surface area contributed by atoms with Gasteiger partial charge in [0.2, 0.25) is 0 Å². The third-order valence-corrected chi connectivity index (χ3v) is 8.74. The van der Waals surface area contributed by atoms with Crippen LogP contribution in [0.2, 0.25) is 0 Å². The number of hydrogen-bond acceptors (Lipinski definition) is 8. The Kier molecular flexibility index (Phi) is 12.0. The summed E-state index contributed by atoms with van der Waals surface area (Å²) in [6.45, 7) is 6.37. The second-order valence-corrected chi connectivity index (χ2v) is 12.4. The van der Waals surface area contributed by atoms with E-state index in [9.17, 15) is 23.9 Å². The van der Waals surface area contributed by atoms with Crippen LogP contribution in [0.5, 0.6) is 5.75 Å². The van der Waals surface area contributed by atoms with Gasteiger partial charge in [0.1, 0.15) is 0 Å². The van der Waals surface area contributed by atoms with E-state index in [1.807, 2.05) is 34.6 Å². The molecule has 0 saturated carbocycles. The van der Waals surface area contributed by atoms with Gasteiger partial charge in [0.05, 0.1) is 25.8 Å². The maximum atomic E-state index is 14.5. The molecule has 1 saturated heterocycles. The summed E-state index contributed by atoms with van der Waals surface area (Å²) in [7, 11) is 1.41. The van der Waals surface area contributed by atoms with Crippen molar-refractivity contribution >= 4 is 35.4 Å². The van der Waals surface area contributed by atoms with Crippen molar-refractivity contribution < 1.29 is 33.4 Å². The molecular formula is C34H40FN3O6S. The molecule has 45 heavy (non-hydrogen) atoms. The minimum Gasteiger partial charge on any atom is -0.494 e. The van der Waals surface area contributed by atoms with Gasteiger partial charge < -0.3 is 19.9 Å². The Morgan fingerprint density at radius 2 is 1.89 bits per heavy atom. The van der Waals surface area contributed by atoms with Gasteiger partial charge >= 0.3 is 6.09 Å². The Balaban J connectivity index is 1.51. The van der Waals surface area contributed by atoms with E-state index in [2.05, 4.69) is 19.2 Å². The van der Waals surface area contributed by atoms with Gasteiger partial charge in [-0.05, 0) is 67.1 Å². The van der Waals surface area contributed by atoms with Crippen molar-refractivity contribution in [1.82, 2.24) is 9.62 Å². The van der Waals surface area contributed by atoms with Gasteiger partial charge in [-0.25, -0.2) is 13.5 Å². The number of Topliss-reactive ketones (excluding diaryl/α,β-unsaturated/α-hetero) is 1. The number of aliphatic hydroxyl groups excluding tert-OH is 1. The van der Waals surface area contributed by atoms with Crippen molar-refractivity contribution in [3.05, 3.63) is 89.7 Å². The molecule has 0 bridgehead atoms. The summed E-state index contributed by atoms with van der Waals surface area (Å²) in [6.07, 6.45) is -1.59. The van der Waals surface area contributed by atoms with Gasteiger partial charge in [0.25, 0.3) is 5.91 Å². The molecule has 4 unspecified atom stereocenters. The lowest BCUT2D eigenvalue weighted by Gasteiger charge is -2.31. The van der Waals surface area contributed by atoms with Gasteiger partial charge in [-0.2, -0.15) is 0 Å². The second-order valence-electron chi connectivity index (χ2n) is 11.2. The fourth-order valence-electron chi connectivity index (χ4n) is 4.94. The van der Waals surface area contributed by atoms with Gasteiger partial charge in [-0.3, -0.25) is 14.5 Å². The average molecular weight is 638 g/mol. The zero-order chi connectivity index (χ0) is 32.5. The first-order valence-corrected chi connectivity index (χ1v) is 15.7. The summed E-state index contributed by atoms with van der Waals surface area (Å²) >= 11 is 1.33. The standard InChI is InChI=1S/C34H40FN3O6S/c1-5-22(2)19-37(45-27-14-15-31(43-4)28(35)18-27)20-30(40)29(16-24-10-7-6-8-11-24)36-33(41)32-21-38(34(42)44-32)26-13-9-12-25(17-26)23(3)39/h6-15,17-18,22,29-30,32,40H,5,16,19-21H2,1-4H3,(H,36,41). The molecule has 4 atom stereocenters. The molecule has 1 aliphatic heterocycles. The number of anilines is 1. The van der Waals surface area contributed by atoms with E-state index in [-0.39, 0.29) is 24.6 Å². The van der Waals surface area contributed by atoms with E-state index >= 15 is 0 Å². The first kappa shape index (κ1) is 34.0. The number of cyclic esters (lactones) is 1. The molecule has 4 rings (SSSR count). The molecule has 9 nitrogen and oxygen atoms in total. The van der Waals surface area contributed by atoms with Crippen molar-refractivity contribution in [2.24, 2.45) is 5.92 Å². The van der Waals surface area contributed by atoms with Crippen molar-refractivity contribution in [1.29, 1.82) is 0 Å². The number of carbonyl (C=O) groups excluding carboxylic acids is 3. The number of carbonyl (C=O) groups is 3. The van der Waals surface area contributed by atoms with E-state index in [1.165, 1.54) is 36.9 Å². The Labute approximate surface area is 267 Å². The highest BCUT2D eigenvalue weighted by atomic mass is 32.2. The molecular weight excluding hydrogens is 597 g/mol. The number of nitrogens with one attached hydrogen (secondary N) is 1. The number of ketones is 1. The van der Waals surface area contributed by atoms with Crippen molar-refractivity contribution in [2.45, 2.75) is 56.8 Å². The lowest BCUT2D eigenvalue weighted by molar-refractivity contribution is -0.129. The number of benzene rings is 3. The first-order chi connectivity index (χ1) is 21.6. The molecule has 240 valence electrons.